The summed E-state index contributed by atoms with van der Waals surface area (Å²) in [7, 11) is 0. The molecule has 0 aliphatic carbocycles. The number of hydrogen-bond acceptors (Lipinski definition) is 5. The fourth-order valence-corrected chi connectivity index (χ4v) is 1.75. The summed E-state index contributed by atoms with van der Waals surface area (Å²) in [6.45, 7) is 0. The van der Waals surface area contributed by atoms with Crippen molar-refractivity contribution >= 4 is 17.2 Å². The molecule has 0 fully saturated rings. The van der Waals surface area contributed by atoms with Crippen LogP contribution in [0.15, 0.2) is 18.3 Å². The summed E-state index contributed by atoms with van der Waals surface area (Å²) in [4.78, 5) is 3.59. The monoisotopic (exact) mass is 246 g/mol. The van der Waals surface area contributed by atoms with E-state index < -0.39 is 11.2 Å². The van der Waals surface area contributed by atoms with E-state index >= 15 is 0 Å². The van der Waals surface area contributed by atoms with E-state index in [-0.39, 0.29) is 5.82 Å². The molecule has 2 aromatic rings. The van der Waals surface area contributed by atoms with Gasteiger partial charge in [0.1, 0.15) is 11.5 Å². The zero-order valence-corrected chi connectivity index (χ0v) is 8.51. The number of anilines is 1. The Kier molecular flexibility index (Phi) is 2.50. The maximum absolute atomic E-state index is 12.3. The van der Waals surface area contributed by atoms with Crippen molar-refractivity contribution in [2.45, 2.75) is 6.18 Å². The second-order valence-corrected chi connectivity index (χ2v) is 3.90. The number of rotatable bonds is 1. The highest BCUT2D eigenvalue weighted by atomic mass is 32.1. The number of nitrogens with two attached hydrogens (primary N) is 1. The summed E-state index contributed by atoms with van der Waals surface area (Å²) < 4.78 is 36.8. The largest absolute Gasteiger partial charge is 0.443 e. The fraction of sp³-hybridized carbons (Fsp3) is 0.125. The van der Waals surface area contributed by atoms with Crippen LogP contribution in [0.4, 0.5) is 19.0 Å². The van der Waals surface area contributed by atoms with Gasteiger partial charge in [-0.1, -0.05) is 0 Å². The van der Waals surface area contributed by atoms with Crippen LogP contribution >= 0.6 is 11.3 Å². The third kappa shape index (κ3) is 2.11. The molecule has 0 spiro atoms. The molecule has 16 heavy (non-hydrogen) atoms. The van der Waals surface area contributed by atoms with E-state index in [0.29, 0.717) is 21.9 Å². The summed E-state index contributed by atoms with van der Waals surface area (Å²) in [6.07, 6.45) is -3.31. The Labute approximate surface area is 92.0 Å². The van der Waals surface area contributed by atoms with Gasteiger partial charge in [0, 0.05) is 6.20 Å². The Bertz CT molecular complexity index is 491. The molecule has 4 nitrogen and oxygen atoms in total. The average Bonchev–Trinajstić information content (AvgIpc) is 2.67. The number of nitrogens with zero attached hydrogens (tertiary/aromatic N) is 3. The molecular formula is C8H5F3N4S. The van der Waals surface area contributed by atoms with E-state index in [1.165, 1.54) is 12.1 Å². The number of thiazole rings is 1. The Morgan fingerprint density at radius 3 is 2.44 bits per heavy atom. The Hall–Kier alpha value is -1.70. The molecule has 8 heteroatoms. The lowest BCUT2D eigenvalue weighted by Gasteiger charge is -1.99. The summed E-state index contributed by atoms with van der Waals surface area (Å²) in [6, 6.07) is 2.96. The van der Waals surface area contributed by atoms with Gasteiger partial charge in [0.15, 0.2) is 5.01 Å². The third-order valence-electron chi connectivity index (χ3n) is 1.69. The Morgan fingerprint density at radius 1 is 1.19 bits per heavy atom. The van der Waals surface area contributed by atoms with Crippen molar-refractivity contribution in [3.8, 4) is 10.6 Å². The molecule has 2 N–H and O–H groups in total. The quantitative estimate of drug-likeness (QED) is 0.837. The van der Waals surface area contributed by atoms with E-state index in [0.717, 1.165) is 6.20 Å². The van der Waals surface area contributed by atoms with Crippen LogP contribution in [0.2, 0.25) is 0 Å². The van der Waals surface area contributed by atoms with Crippen molar-refractivity contribution in [1.29, 1.82) is 0 Å². The number of halogens is 3. The van der Waals surface area contributed by atoms with Crippen LogP contribution < -0.4 is 5.73 Å². The highest BCUT2D eigenvalue weighted by molar-refractivity contribution is 7.15. The highest BCUT2D eigenvalue weighted by Gasteiger charge is 2.34. The summed E-state index contributed by atoms with van der Waals surface area (Å²) in [5.41, 5.74) is 5.63. The van der Waals surface area contributed by atoms with Crippen molar-refractivity contribution in [1.82, 2.24) is 15.2 Å². The molecule has 2 rings (SSSR count). The van der Waals surface area contributed by atoms with Crippen molar-refractivity contribution in [3.05, 3.63) is 23.3 Å². The van der Waals surface area contributed by atoms with E-state index in [2.05, 4.69) is 15.2 Å². The SMILES string of the molecule is Nc1ccc(-c2cnc(C(F)(F)F)s2)nn1. The van der Waals surface area contributed by atoms with E-state index in [1.54, 1.807) is 0 Å². The van der Waals surface area contributed by atoms with Gasteiger partial charge in [-0.3, -0.25) is 0 Å². The van der Waals surface area contributed by atoms with E-state index in [4.69, 9.17) is 5.73 Å². The highest BCUT2D eigenvalue weighted by Crippen LogP contribution is 2.35. The van der Waals surface area contributed by atoms with Crippen LogP contribution in [-0.4, -0.2) is 15.2 Å². The van der Waals surface area contributed by atoms with Gasteiger partial charge in [-0.25, -0.2) is 4.98 Å². The summed E-state index contributed by atoms with van der Waals surface area (Å²) >= 11 is 0.519. The van der Waals surface area contributed by atoms with Crippen molar-refractivity contribution in [2.24, 2.45) is 0 Å². The maximum Gasteiger partial charge on any atom is 0.443 e. The Morgan fingerprint density at radius 2 is 1.94 bits per heavy atom. The minimum absolute atomic E-state index is 0.212. The average molecular weight is 246 g/mol. The standard InChI is InChI=1S/C8H5F3N4S/c9-8(10,11)7-13-3-5(16-7)4-1-2-6(12)15-14-4/h1-3H,(H2,12,15). The molecule has 0 bridgehead atoms. The zero-order valence-electron chi connectivity index (χ0n) is 7.69. The lowest BCUT2D eigenvalue weighted by Crippen LogP contribution is -2.02. The second-order valence-electron chi connectivity index (χ2n) is 2.87. The topological polar surface area (TPSA) is 64.7 Å². The molecular weight excluding hydrogens is 241 g/mol. The predicted molar refractivity (Wildman–Crippen MR) is 52.6 cm³/mol. The van der Waals surface area contributed by atoms with Crippen LogP contribution in [0.3, 0.4) is 0 Å². The number of hydrogen-bond donors (Lipinski definition) is 1. The van der Waals surface area contributed by atoms with Crippen LogP contribution in [0, 0.1) is 0 Å². The molecule has 84 valence electrons. The molecule has 0 unspecified atom stereocenters. The molecule has 0 saturated heterocycles. The number of alkyl halides is 3. The molecule has 0 radical (unpaired) electrons. The molecule has 0 aliphatic rings. The van der Waals surface area contributed by atoms with Crippen molar-refractivity contribution in [3.63, 3.8) is 0 Å². The van der Waals surface area contributed by atoms with Crippen LogP contribution in [0.25, 0.3) is 10.6 Å². The minimum atomic E-state index is -4.43. The van der Waals surface area contributed by atoms with Crippen LogP contribution in [0.1, 0.15) is 5.01 Å². The molecule has 2 heterocycles. The number of aromatic nitrogens is 3. The fourth-order valence-electron chi connectivity index (χ4n) is 0.998. The molecule has 0 aromatic carbocycles. The van der Waals surface area contributed by atoms with Gasteiger partial charge in [0.25, 0.3) is 0 Å². The minimum Gasteiger partial charge on any atom is -0.382 e. The first kappa shape index (κ1) is 10.8. The Balaban J connectivity index is 2.35. The van der Waals surface area contributed by atoms with Gasteiger partial charge in [0.05, 0.1) is 4.88 Å². The first-order chi connectivity index (χ1) is 7.47. The second kappa shape index (κ2) is 3.71. The van der Waals surface area contributed by atoms with Crippen molar-refractivity contribution in [2.75, 3.05) is 5.73 Å². The van der Waals surface area contributed by atoms with Crippen LogP contribution in [0.5, 0.6) is 0 Å². The smallest absolute Gasteiger partial charge is 0.382 e. The normalized spacial score (nSPS) is 11.7. The molecule has 0 aliphatic heterocycles. The predicted octanol–water partition coefficient (Wildman–Crippen LogP) is 2.20. The van der Waals surface area contributed by atoms with Crippen LogP contribution in [-0.2, 0) is 6.18 Å². The summed E-state index contributed by atoms with van der Waals surface area (Å²) in [5, 5.41) is 6.32. The van der Waals surface area contributed by atoms with E-state index in [1.807, 2.05) is 0 Å². The molecule has 2 aromatic heterocycles. The number of nitrogen functional groups attached to an aromatic ring is 1. The summed E-state index contributed by atoms with van der Waals surface area (Å²) in [5.74, 6) is 0.212. The molecule has 0 amide bonds. The first-order valence-corrected chi connectivity index (χ1v) is 4.91. The van der Waals surface area contributed by atoms with E-state index in [9.17, 15) is 13.2 Å². The van der Waals surface area contributed by atoms with Gasteiger partial charge in [0.2, 0.25) is 0 Å². The zero-order chi connectivity index (χ0) is 11.8. The lowest BCUT2D eigenvalue weighted by atomic mass is 10.3. The van der Waals surface area contributed by atoms with Crippen molar-refractivity contribution < 1.29 is 13.2 Å². The van der Waals surface area contributed by atoms with Gasteiger partial charge >= 0.3 is 6.18 Å². The maximum atomic E-state index is 12.3. The van der Waals surface area contributed by atoms with Gasteiger partial charge in [-0.05, 0) is 12.1 Å². The third-order valence-corrected chi connectivity index (χ3v) is 2.75. The lowest BCUT2D eigenvalue weighted by molar-refractivity contribution is -0.137. The van der Waals surface area contributed by atoms with Gasteiger partial charge in [-0.15, -0.1) is 21.5 Å². The van der Waals surface area contributed by atoms with Gasteiger partial charge in [-0.2, -0.15) is 13.2 Å². The molecule has 0 atom stereocenters. The molecule has 0 saturated carbocycles. The van der Waals surface area contributed by atoms with Gasteiger partial charge < -0.3 is 5.73 Å². The first-order valence-electron chi connectivity index (χ1n) is 4.09.